The number of allylic oxidation sites excluding steroid dienone is 3. The van der Waals surface area contributed by atoms with Gasteiger partial charge in [-0.25, -0.2) is 0 Å². The molecule has 18 heavy (non-hydrogen) atoms. The molecule has 3 nitrogen and oxygen atoms in total. The van der Waals surface area contributed by atoms with Crippen molar-refractivity contribution in [3.05, 3.63) is 24.3 Å². The first-order valence-electron chi connectivity index (χ1n) is 6.53. The fourth-order valence-electron chi connectivity index (χ4n) is 1.03. The Hall–Kier alpha value is -0.370. The predicted octanol–water partition coefficient (Wildman–Crippen LogP) is 5.00. The van der Waals surface area contributed by atoms with E-state index in [4.69, 9.17) is 0 Å². The Kier molecular flexibility index (Phi) is 16.3. The van der Waals surface area contributed by atoms with Gasteiger partial charge in [0.2, 0.25) is 0 Å². The van der Waals surface area contributed by atoms with Gasteiger partial charge in [-0.2, -0.15) is 0 Å². The minimum Gasteiger partial charge on any atom is -0.311 e. The first-order chi connectivity index (χ1) is 8.47. The Balaban J connectivity index is 0. The predicted molar refractivity (Wildman–Crippen MR) is 80.3 cm³/mol. The second kappa shape index (κ2) is 14.7. The zero-order valence-corrected chi connectivity index (χ0v) is 13.5. The molecule has 0 aliphatic heterocycles. The van der Waals surface area contributed by atoms with Crippen LogP contribution >= 0.6 is 8.25 Å². The topological polar surface area (TPSA) is 35.5 Å². The van der Waals surface area contributed by atoms with Crippen molar-refractivity contribution >= 4 is 8.25 Å². The van der Waals surface area contributed by atoms with E-state index in [1.165, 1.54) is 18.4 Å². The molecule has 0 aromatic carbocycles. The largest absolute Gasteiger partial charge is 0.319 e. The number of hydrogen-bond donors (Lipinski definition) is 0. The summed E-state index contributed by atoms with van der Waals surface area (Å²) < 4.78 is 19.6. The van der Waals surface area contributed by atoms with E-state index in [0.717, 1.165) is 0 Å². The maximum atomic E-state index is 10.4. The third-order valence-corrected chi connectivity index (χ3v) is 3.15. The summed E-state index contributed by atoms with van der Waals surface area (Å²) in [7, 11) is -2.14. The van der Waals surface area contributed by atoms with Crippen LogP contribution in [0.3, 0.4) is 0 Å². The third kappa shape index (κ3) is 18.0. The Morgan fingerprint density at radius 3 is 2.11 bits per heavy atom. The second-order valence-electron chi connectivity index (χ2n) is 4.19. The fraction of sp³-hybridized carbons (Fsp3) is 0.714. The summed E-state index contributed by atoms with van der Waals surface area (Å²) in [5, 5.41) is 0. The first kappa shape index (κ1) is 20.0. The van der Waals surface area contributed by atoms with Crippen molar-refractivity contribution in [1.82, 2.24) is 0 Å². The van der Waals surface area contributed by atoms with Crippen molar-refractivity contribution in [2.45, 2.75) is 47.5 Å². The fourth-order valence-corrected chi connectivity index (χ4v) is 1.58. The minimum atomic E-state index is -2.14. The maximum absolute atomic E-state index is 10.4. The smallest absolute Gasteiger partial charge is 0.311 e. The summed E-state index contributed by atoms with van der Waals surface area (Å²) in [6.45, 7) is 14.7. The molecule has 0 bridgehead atoms. The highest BCUT2D eigenvalue weighted by molar-refractivity contribution is 7.33. The molecule has 0 aromatic heterocycles. The highest BCUT2D eigenvalue weighted by Crippen LogP contribution is 2.21. The van der Waals surface area contributed by atoms with E-state index < -0.39 is 8.25 Å². The molecule has 0 heterocycles. The molecule has 0 amide bonds. The SMILES string of the molecule is C=CC(C)CCC=C(C)C.CCO[PH](=O)OCC. The molecule has 0 N–H and O–H groups in total. The average molecular weight is 276 g/mol. The molecule has 0 saturated heterocycles. The highest BCUT2D eigenvalue weighted by Gasteiger charge is 1.92. The molecule has 0 aliphatic carbocycles. The third-order valence-electron chi connectivity index (χ3n) is 2.10. The summed E-state index contributed by atoms with van der Waals surface area (Å²) in [4.78, 5) is 0. The van der Waals surface area contributed by atoms with Crippen LogP contribution in [-0.2, 0) is 13.6 Å². The molecule has 0 spiro atoms. The summed E-state index contributed by atoms with van der Waals surface area (Å²) in [6.07, 6.45) is 6.71. The van der Waals surface area contributed by atoms with E-state index >= 15 is 0 Å². The summed E-state index contributed by atoms with van der Waals surface area (Å²) in [5.74, 6) is 0.663. The van der Waals surface area contributed by atoms with E-state index in [1.54, 1.807) is 13.8 Å². The monoisotopic (exact) mass is 276 g/mol. The van der Waals surface area contributed by atoms with Gasteiger partial charge < -0.3 is 9.05 Å². The molecule has 0 aromatic rings. The summed E-state index contributed by atoms with van der Waals surface area (Å²) in [5.41, 5.74) is 1.41. The normalized spacial score (nSPS) is 11.4. The van der Waals surface area contributed by atoms with E-state index in [9.17, 15) is 4.57 Å². The molecule has 108 valence electrons. The maximum Gasteiger partial charge on any atom is 0.319 e. The zero-order valence-electron chi connectivity index (χ0n) is 12.5. The van der Waals surface area contributed by atoms with Gasteiger partial charge in [-0.15, -0.1) is 6.58 Å². The van der Waals surface area contributed by atoms with Gasteiger partial charge in [-0.1, -0.05) is 24.6 Å². The van der Waals surface area contributed by atoms with Gasteiger partial charge in [-0.3, -0.25) is 4.57 Å². The number of hydrogen-bond acceptors (Lipinski definition) is 3. The van der Waals surface area contributed by atoms with Gasteiger partial charge in [0.05, 0.1) is 13.2 Å². The molecule has 0 rings (SSSR count). The van der Waals surface area contributed by atoms with Gasteiger partial charge in [0.25, 0.3) is 0 Å². The summed E-state index contributed by atoms with van der Waals surface area (Å²) >= 11 is 0. The van der Waals surface area contributed by atoms with Crippen LogP contribution in [0.1, 0.15) is 47.5 Å². The lowest BCUT2D eigenvalue weighted by Crippen LogP contribution is -1.86. The molecular formula is C14H29O3P. The van der Waals surface area contributed by atoms with Gasteiger partial charge in [0.1, 0.15) is 0 Å². The standard InChI is InChI=1S/C10H18.C4H11O3P/c1-5-10(4)8-6-7-9(2)3;1-3-6-8(5)7-4-2/h5,7,10H,1,6,8H2,2-4H3;8H,3-4H2,1-2H3. The van der Waals surface area contributed by atoms with Gasteiger partial charge in [0, 0.05) is 0 Å². The van der Waals surface area contributed by atoms with Crippen molar-refractivity contribution in [1.29, 1.82) is 0 Å². The lowest BCUT2D eigenvalue weighted by Gasteiger charge is -2.01. The van der Waals surface area contributed by atoms with Crippen LogP contribution in [0.5, 0.6) is 0 Å². The van der Waals surface area contributed by atoms with Crippen LogP contribution in [-0.4, -0.2) is 13.2 Å². The van der Waals surface area contributed by atoms with Crippen molar-refractivity contribution < 1.29 is 13.6 Å². The van der Waals surface area contributed by atoms with Crippen molar-refractivity contribution in [2.24, 2.45) is 5.92 Å². The lowest BCUT2D eigenvalue weighted by atomic mass is 10.1. The van der Waals surface area contributed by atoms with Crippen LogP contribution in [0.15, 0.2) is 24.3 Å². The average Bonchev–Trinajstić information content (AvgIpc) is 2.30. The Morgan fingerprint density at radius 2 is 1.78 bits per heavy atom. The molecule has 4 heteroatoms. The van der Waals surface area contributed by atoms with Gasteiger partial charge >= 0.3 is 8.25 Å². The first-order valence-corrected chi connectivity index (χ1v) is 7.75. The van der Waals surface area contributed by atoms with E-state index in [2.05, 4.69) is 42.5 Å². The van der Waals surface area contributed by atoms with E-state index in [1.807, 2.05) is 6.08 Å². The molecule has 0 radical (unpaired) electrons. The molecule has 0 saturated carbocycles. The molecule has 0 aliphatic rings. The molecular weight excluding hydrogens is 247 g/mol. The lowest BCUT2D eigenvalue weighted by molar-refractivity contribution is 0.243. The van der Waals surface area contributed by atoms with E-state index in [0.29, 0.717) is 19.1 Å². The molecule has 1 atom stereocenters. The minimum absolute atomic E-state index is 0.456. The van der Waals surface area contributed by atoms with Crippen LogP contribution in [0, 0.1) is 5.92 Å². The zero-order chi connectivity index (χ0) is 14.4. The van der Waals surface area contributed by atoms with E-state index in [-0.39, 0.29) is 0 Å². The second-order valence-corrected chi connectivity index (χ2v) is 5.27. The van der Waals surface area contributed by atoms with Crippen molar-refractivity contribution in [2.75, 3.05) is 13.2 Å². The van der Waals surface area contributed by atoms with Crippen LogP contribution in [0.4, 0.5) is 0 Å². The van der Waals surface area contributed by atoms with Crippen LogP contribution in [0.2, 0.25) is 0 Å². The molecule has 1 unspecified atom stereocenters. The Bertz CT molecular complexity index is 237. The van der Waals surface area contributed by atoms with Gasteiger partial charge in [0.15, 0.2) is 0 Å². The Labute approximate surface area is 113 Å². The van der Waals surface area contributed by atoms with Crippen molar-refractivity contribution in [3.63, 3.8) is 0 Å². The highest BCUT2D eigenvalue weighted by atomic mass is 31.1. The van der Waals surface area contributed by atoms with Crippen molar-refractivity contribution in [3.8, 4) is 0 Å². The summed E-state index contributed by atoms with van der Waals surface area (Å²) in [6, 6.07) is 0. The van der Waals surface area contributed by atoms with Gasteiger partial charge in [-0.05, 0) is 46.5 Å². The van der Waals surface area contributed by atoms with Crippen LogP contribution in [0.25, 0.3) is 0 Å². The van der Waals surface area contributed by atoms with Crippen LogP contribution < -0.4 is 0 Å². The number of rotatable bonds is 8. The quantitative estimate of drug-likeness (QED) is 0.462. The molecule has 0 fully saturated rings. The Morgan fingerprint density at radius 1 is 1.28 bits per heavy atom.